The van der Waals surface area contributed by atoms with Gasteiger partial charge in [0.2, 0.25) is 5.91 Å². The highest BCUT2D eigenvalue weighted by Crippen LogP contribution is 2.62. The predicted molar refractivity (Wildman–Crippen MR) is 96.2 cm³/mol. The normalized spacial score (nSPS) is 34.7. The fourth-order valence-corrected chi connectivity index (χ4v) is 6.22. The van der Waals surface area contributed by atoms with E-state index in [0.717, 1.165) is 44.9 Å². The maximum absolute atomic E-state index is 13.0. The first-order valence-corrected chi connectivity index (χ1v) is 9.82. The Kier molecular flexibility index (Phi) is 4.32. The lowest BCUT2D eigenvalue weighted by molar-refractivity contribution is -0.176. The van der Waals surface area contributed by atoms with Crippen LogP contribution in [0.25, 0.3) is 0 Å². The highest BCUT2D eigenvalue weighted by Gasteiger charge is 2.61. The summed E-state index contributed by atoms with van der Waals surface area (Å²) in [6.07, 6.45) is 11.4. The van der Waals surface area contributed by atoms with Gasteiger partial charge in [-0.15, -0.1) is 0 Å². The smallest absolute Gasteiger partial charge is 0.312 e. The van der Waals surface area contributed by atoms with Crippen LogP contribution < -0.4 is 5.32 Å². The van der Waals surface area contributed by atoms with Crippen LogP contribution in [0, 0.1) is 17.3 Å². The molecule has 1 N–H and O–H groups in total. The van der Waals surface area contributed by atoms with E-state index in [1.165, 1.54) is 12.0 Å². The van der Waals surface area contributed by atoms with Gasteiger partial charge in [-0.05, 0) is 68.8 Å². The van der Waals surface area contributed by atoms with Gasteiger partial charge >= 0.3 is 5.97 Å². The van der Waals surface area contributed by atoms with Crippen molar-refractivity contribution in [2.75, 3.05) is 6.61 Å². The SMILES string of the molecule is CC(=O)NC12CC3CC(C1)CC(C(=O)OCCCc1cnn(C)c1)(C3)C2. The lowest BCUT2D eigenvalue weighted by atomic mass is 9.47. The number of nitrogens with zero attached hydrogens (tertiary/aromatic N) is 2. The number of aryl methyl sites for hydroxylation is 2. The molecule has 142 valence electrons. The molecule has 4 fully saturated rings. The van der Waals surface area contributed by atoms with Crippen LogP contribution in [0.4, 0.5) is 0 Å². The van der Waals surface area contributed by atoms with Crippen molar-refractivity contribution < 1.29 is 14.3 Å². The van der Waals surface area contributed by atoms with Crippen molar-refractivity contribution in [3.05, 3.63) is 18.0 Å². The number of aromatic nitrogens is 2. The van der Waals surface area contributed by atoms with Gasteiger partial charge in [-0.1, -0.05) is 0 Å². The first kappa shape index (κ1) is 17.6. The van der Waals surface area contributed by atoms with Crippen molar-refractivity contribution in [2.24, 2.45) is 24.3 Å². The van der Waals surface area contributed by atoms with Crippen molar-refractivity contribution in [1.82, 2.24) is 15.1 Å². The summed E-state index contributed by atoms with van der Waals surface area (Å²) in [6, 6.07) is 0. The van der Waals surface area contributed by atoms with Crippen LogP contribution in [-0.2, 0) is 27.8 Å². The standard InChI is InChI=1S/C20H29N3O3/c1-14(24)22-20-9-16-6-17(10-20)8-19(7-16,13-20)18(25)26-5-3-4-15-11-21-23(2)12-15/h11-12,16-17H,3-10,13H2,1-2H3,(H,22,24). The summed E-state index contributed by atoms with van der Waals surface area (Å²) in [4.78, 5) is 24.7. The van der Waals surface area contributed by atoms with E-state index in [4.69, 9.17) is 4.74 Å². The number of carbonyl (C=O) groups is 2. The van der Waals surface area contributed by atoms with Crippen LogP contribution in [-0.4, -0.2) is 33.8 Å². The molecule has 2 unspecified atom stereocenters. The van der Waals surface area contributed by atoms with Gasteiger partial charge in [-0.2, -0.15) is 5.10 Å². The van der Waals surface area contributed by atoms with Gasteiger partial charge in [-0.3, -0.25) is 14.3 Å². The molecule has 4 aliphatic rings. The molecule has 0 aliphatic heterocycles. The third kappa shape index (κ3) is 3.26. The van der Waals surface area contributed by atoms with E-state index in [9.17, 15) is 9.59 Å². The van der Waals surface area contributed by atoms with Crippen molar-refractivity contribution in [3.63, 3.8) is 0 Å². The Labute approximate surface area is 154 Å². The van der Waals surface area contributed by atoms with Crippen molar-refractivity contribution >= 4 is 11.9 Å². The van der Waals surface area contributed by atoms with E-state index in [0.29, 0.717) is 18.4 Å². The van der Waals surface area contributed by atoms with Crippen molar-refractivity contribution in [1.29, 1.82) is 0 Å². The number of nitrogens with one attached hydrogen (secondary N) is 1. The molecule has 1 aromatic rings. The Morgan fingerprint density at radius 2 is 2.04 bits per heavy atom. The van der Waals surface area contributed by atoms with Gasteiger partial charge in [0.05, 0.1) is 18.2 Å². The molecule has 6 nitrogen and oxygen atoms in total. The number of carbonyl (C=O) groups excluding carboxylic acids is 2. The van der Waals surface area contributed by atoms with Crippen LogP contribution in [0.2, 0.25) is 0 Å². The molecule has 4 saturated carbocycles. The molecule has 26 heavy (non-hydrogen) atoms. The Morgan fingerprint density at radius 1 is 1.31 bits per heavy atom. The maximum atomic E-state index is 13.0. The molecular weight excluding hydrogens is 330 g/mol. The third-order valence-corrected chi connectivity index (χ3v) is 6.54. The van der Waals surface area contributed by atoms with Crippen molar-refractivity contribution in [3.8, 4) is 0 Å². The van der Waals surface area contributed by atoms with Crippen LogP contribution >= 0.6 is 0 Å². The lowest BCUT2D eigenvalue weighted by Gasteiger charge is -2.60. The minimum Gasteiger partial charge on any atom is -0.465 e. The predicted octanol–water partition coefficient (Wildman–Crippen LogP) is 2.37. The highest BCUT2D eigenvalue weighted by molar-refractivity contribution is 5.79. The van der Waals surface area contributed by atoms with Gasteiger partial charge in [0.1, 0.15) is 0 Å². The molecule has 1 heterocycles. The van der Waals surface area contributed by atoms with E-state index < -0.39 is 0 Å². The van der Waals surface area contributed by atoms with Crippen LogP contribution in [0.5, 0.6) is 0 Å². The van der Waals surface area contributed by atoms with E-state index in [1.807, 2.05) is 19.4 Å². The molecule has 6 heteroatoms. The first-order chi connectivity index (χ1) is 12.4. The number of hydrogen-bond donors (Lipinski definition) is 1. The average Bonchev–Trinajstić information content (AvgIpc) is 2.94. The zero-order valence-corrected chi connectivity index (χ0v) is 15.8. The van der Waals surface area contributed by atoms with E-state index in [1.54, 1.807) is 11.6 Å². The molecule has 0 spiro atoms. The van der Waals surface area contributed by atoms with Crippen LogP contribution in [0.15, 0.2) is 12.4 Å². The number of ether oxygens (including phenoxy) is 1. The second-order valence-corrected chi connectivity index (χ2v) is 8.96. The Balaban J connectivity index is 1.36. The van der Waals surface area contributed by atoms with Gasteiger partial charge in [0.15, 0.2) is 0 Å². The highest BCUT2D eigenvalue weighted by atomic mass is 16.5. The van der Waals surface area contributed by atoms with Crippen LogP contribution in [0.3, 0.4) is 0 Å². The monoisotopic (exact) mass is 359 g/mol. The Bertz CT molecular complexity index is 697. The van der Waals surface area contributed by atoms with Crippen molar-refractivity contribution in [2.45, 2.75) is 63.8 Å². The molecule has 0 saturated heterocycles. The maximum Gasteiger partial charge on any atom is 0.312 e. The minimum atomic E-state index is -0.374. The molecule has 1 aromatic heterocycles. The quantitative estimate of drug-likeness (QED) is 0.625. The second-order valence-electron chi connectivity index (χ2n) is 8.96. The fourth-order valence-electron chi connectivity index (χ4n) is 6.22. The summed E-state index contributed by atoms with van der Waals surface area (Å²) in [5, 5.41) is 7.37. The summed E-state index contributed by atoms with van der Waals surface area (Å²) in [7, 11) is 1.90. The number of esters is 1. The summed E-state index contributed by atoms with van der Waals surface area (Å²) in [5.74, 6) is 1.08. The number of rotatable bonds is 6. The molecule has 0 radical (unpaired) electrons. The molecule has 1 amide bonds. The molecule has 5 rings (SSSR count). The van der Waals surface area contributed by atoms with Gasteiger partial charge in [0.25, 0.3) is 0 Å². The molecule has 2 atom stereocenters. The minimum absolute atomic E-state index is 0.0203. The van der Waals surface area contributed by atoms with Gasteiger partial charge in [-0.25, -0.2) is 0 Å². The largest absolute Gasteiger partial charge is 0.465 e. The second kappa shape index (κ2) is 6.39. The van der Waals surface area contributed by atoms with E-state index in [-0.39, 0.29) is 22.8 Å². The summed E-state index contributed by atoms with van der Waals surface area (Å²) < 4.78 is 7.52. The van der Waals surface area contributed by atoms with E-state index in [2.05, 4.69) is 10.4 Å². The summed E-state index contributed by atoms with van der Waals surface area (Å²) in [6.45, 7) is 2.04. The molecule has 4 bridgehead atoms. The third-order valence-electron chi connectivity index (χ3n) is 6.54. The first-order valence-electron chi connectivity index (χ1n) is 9.82. The summed E-state index contributed by atoms with van der Waals surface area (Å²) >= 11 is 0. The zero-order chi connectivity index (χ0) is 18.4. The number of hydrogen-bond acceptors (Lipinski definition) is 4. The Morgan fingerprint density at radius 3 is 2.65 bits per heavy atom. The van der Waals surface area contributed by atoms with E-state index >= 15 is 0 Å². The summed E-state index contributed by atoms with van der Waals surface area (Å²) in [5.41, 5.74) is 0.619. The van der Waals surface area contributed by atoms with Gasteiger partial charge in [0, 0.05) is 25.7 Å². The topological polar surface area (TPSA) is 73.2 Å². The number of amides is 1. The fraction of sp³-hybridized carbons (Fsp3) is 0.750. The molecule has 4 aliphatic carbocycles. The zero-order valence-electron chi connectivity index (χ0n) is 15.8. The molecule has 0 aromatic carbocycles. The average molecular weight is 359 g/mol. The molecular formula is C20H29N3O3. The lowest BCUT2D eigenvalue weighted by Crippen LogP contribution is -2.64. The van der Waals surface area contributed by atoms with Crippen LogP contribution in [0.1, 0.15) is 57.4 Å². The van der Waals surface area contributed by atoms with Gasteiger partial charge < -0.3 is 10.1 Å². The Hall–Kier alpha value is -1.85.